The predicted octanol–water partition coefficient (Wildman–Crippen LogP) is 2.53. The minimum absolute atomic E-state index is 0.481. The summed E-state index contributed by atoms with van der Waals surface area (Å²) in [5, 5.41) is 0. The summed E-state index contributed by atoms with van der Waals surface area (Å²) in [6.45, 7) is 2.19. The topological polar surface area (TPSA) is 26.0 Å². The first-order valence-electron chi connectivity index (χ1n) is 5.61. The number of aryl methyl sites for hydroxylation is 1. The molecule has 0 aliphatic heterocycles. The number of rotatable bonds is 3. The van der Waals surface area contributed by atoms with Crippen molar-refractivity contribution in [1.82, 2.24) is 0 Å². The smallest absolute Gasteiger partial charge is 0.00443 e. The van der Waals surface area contributed by atoms with Crippen molar-refractivity contribution in [3.63, 3.8) is 0 Å². The van der Waals surface area contributed by atoms with E-state index in [1.54, 1.807) is 0 Å². The van der Waals surface area contributed by atoms with Gasteiger partial charge in [0.1, 0.15) is 0 Å². The lowest BCUT2D eigenvalue weighted by atomic mass is 9.77. The summed E-state index contributed by atoms with van der Waals surface area (Å²) in [5.74, 6) is 0.845. The van der Waals surface area contributed by atoms with Crippen LogP contribution in [0.3, 0.4) is 0 Å². The molecule has 1 saturated carbocycles. The number of hydrogen-bond donors (Lipinski definition) is 1. The van der Waals surface area contributed by atoms with Crippen molar-refractivity contribution < 1.29 is 0 Å². The van der Waals surface area contributed by atoms with Gasteiger partial charge < -0.3 is 5.73 Å². The van der Waals surface area contributed by atoms with Crippen LogP contribution in [0.25, 0.3) is 0 Å². The van der Waals surface area contributed by atoms with Crippen LogP contribution < -0.4 is 5.73 Å². The van der Waals surface area contributed by atoms with Gasteiger partial charge in [0.15, 0.2) is 0 Å². The van der Waals surface area contributed by atoms with E-state index in [0.29, 0.717) is 6.04 Å². The van der Waals surface area contributed by atoms with E-state index in [2.05, 4.69) is 31.2 Å². The first-order valence-corrected chi connectivity index (χ1v) is 5.61. The van der Waals surface area contributed by atoms with Gasteiger partial charge in [0, 0.05) is 6.04 Å². The molecule has 76 valence electrons. The Morgan fingerprint density at radius 1 is 1.14 bits per heavy atom. The maximum absolute atomic E-state index is 5.77. The number of nitrogens with two attached hydrogens (primary N) is 1. The van der Waals surface area contributed by atoms with E-state index < -0.39 is 0 Å². The molecular formula is C13H19N. The molecule has 1 aromatic rings. The molecule has 0 unspecified atom stereocenters. The lowest BCUT2D eigenvalue weighted by molar-refractivity contribution is 0.264. The van der Waals surface area contributed by atoms with Crippen LogP contribution in [0, 0.1) is 5.92 Å². The Morgan fingerprint density at radius 2 is 1.71 bits per heavy atom. The Hall–Kier alpha value is -0.820. The Bertz CT molecular complexity index is 283. The third-order valence-corrected chi connectivity index (χ3v) is 3.23. The molecule has 1 heteroatoms. The number of benzene rings is 1. The molecule has 1 aliphatic rings. The zero-order valence-electron chi connectivity index (χ0n) is 8.87. The highest BCUT2D eigenvalue weighted by atomic mass is 14.7. The summed E-state index contributed by atoms with van der Waals surface area (Å²) in [6, 6.07) is 9.50. The molecule has 14 heavy (non-hydrogen) atoms. The lowest BCUT2D eigenvalue weighted by Crippen LogP contribution is -2.37. The quantitative estimate of drug-likeness (QED) is 0.777. The van der Waals surface area contributed by atoms with Gasteiger partial charge in [-0.3, -0.25) is 0 Å². The van der Waals surface area contributed by atoms with Crippen LogP contribution >= 0.6 is 0 Å². The van der Waals surface area contributed by atoms with Crippen molar-refractivity contribution in [3.05, 3.63) is 35.4 Å². The fourth-order valence-electron chi connectivity index (χ4n) is 2.20. The van der Waals surface area contributed by atoms with Crippen molar-refractivity contribution in [2.24, 2.45) is 11.7 Å². The average molecular weight is 189 g/mol. The van der Waals surface area contributed by atoms with Crippen molar-refractivity contribution in [3.8, 4) is 0 Å². The Morgan fingerprint density at radius 3 is 2.21 bits per heavy atom. The molecule has 0 amide bonds. The minimum atomic E-state index is 0.481. The zero-order chi connectivity index (χ0) is 9.97. The zero-order valence-corrected chi connectivity index (χ0v) is 8.87. The van der Waals surface area contributed by atoms with Crippen LogP contribution in [0.4, 0.5) is 0 Å². The monoisotopic (exact) mass is 189 g/mol. The predicted molar refractivity (Wildman–Crippen MR) is 60.2 cm³/mol. The van der Waals surface area contributed by atoms with Gasteiger partial charge in [-0.25, -0.2) is 0 Å². The first-order chi connectivity index (χ1) is 6.78. The number of hydrogen-bond acceptors (Lipinski definition) is 1. The molecule has 0 radical (unpaired) electrons. The van der Waals surface area contributed by atoms with E-state index in [1.165, 1.54) is 30.4 Å². The molecule has 1 nitrogen and oxygen atoms in total. The van der Waals surface area contributed by atoms with Gasteiger partial charge in [-0.15, -0.1) is 0 Å². The summed E-state index contributed by atoms with van der Waals surface area (Å²) >= 11 is 0. The van der Waals surface area contributed by atoms with Crippen LogP contribution in [0.5, 0.6) is 0 Å². The van der Waals surface area contributed by atoms with Crippen molar-refractivity contribution in [1.29, 1.82) is 0 Å². The summed E-state index contributed by atoms with van der Waals surface area (Å²) in [5.41, 5.74) is 8.67. The maximum atomic E-state index is 5.77. The van der Waals surface area contributed by atoms with Crippen LogP contribution in [0.15, 0.2) is 24.3 Å². The van der Waals surface area contributed by atoms with Crippen LogP contribution in [0.2, 0.25) is 0 Å². The Labute approximate surface area is 86.3 Å². The van der Waals surface area contributed by atoms with Gasteiger partial charge in [0.25, 0.3) is 0 Å². The van der Waals surface area contributed by atoms with E-state index in [-0.39, 0.29) is 0 Å². The van der Waals surface area contributed by atoms with E-state index in [4.69, 9.17) is 5.73 Å². The fraction of sp³-hybridized carbons (Fsp3) is 0.538. The average Bonchev–Trinajstić information content (AvgIpc) is 2.17. The summed E-state index contributed by atoms with van der Waals surface area (Å²) in [6.07, 6.45) is 4.79. The molecule has 2 rings (SSSR count). The van der Waals surface area contributed by atoms with Crippen LogP contribution in [-0.2, 0) is 12.8 Å². The summed E-state index contributed by atoms with van der Waals surface area (Å²) in [4.78, 5) is 0. The lowest BCUT2D eigenvalue weighted by Gasteiger charge is -2.32. The van der Waals surface area contributed by atoms with Gasteiger partial charge in [0.2, 0.25) is 0 Å². The fourth-order valence-corrected chi connectivity index (χ4v) is 2.20. The first kappa shape index (κ1) is 9.72. The van der Waals surface area contributed by atoms with Crippen LogP contribution in [-0.4, -0.2) is 6.04 Å². The van der Waals surface area contributed by atoms with E-state index >= 15 is 0 Å². The van der Waals surface area contributed by atoms with Crippen LogP contribution in [0.1, 0.15) is 30.9 Å². The molecule has 1 fully saturated rings. The largest absolute Gasteiger partial charge is 0.328 e. The van der Waals surface area contributed by atoms with Gasteiger partial charge in [0.05, 0.1) is 0 Å². The molecule has 2 N–H and O–H groups in total. The second kappa shape index (κ2) is 4.14. The Balaban J connectivity index is 1.90. The van der Waals surface area contributed by atoms with E-state index in [1.807, 2.05) is 0 Å². The highest BCUT2D eigenvalue weighted by Gasteiger charge is 2.25. The highest BCUT2D eigenvalue weighted by molar-refractivity contribution is 5.23. The molecule has 1 aromatic carbocycles. The third kappa shape index (κ3) is 2.16. The van der Waals surface area contributed by atoms with E-state index in [9.17, 15) is 0 Å². The molecule has 0 spiro atoms. The normalized spacial score (nSPS) is 25.9. The van der Waals surface area contributed by atoms with Gasteiger partial charge in [-0.1, -0.05) is 31.2 Å². The molecular weight excluding hydrogens is 170 g/mol. The SMILES string of the molecule is CCc1ccc(CC2CC(N)C2)cc1. The molecule has 0 bridgehead atoms. The second-order valence-electron chi connectivity index (χ2n) is 4.47. The third-order valence-electron chi connectivity index (χ3n) is 3.23. The molecule has 0 saturated heterocycles. The summed E-state index contributed by atoms with van der Waals surface area (Å²) < 4.78 is 0. The van der Waals surface area contributed by atoms with Crippen molar-refractivity contribution in [2.45, 2.75) is 38.6 Å². The molecule has 0 atom stereocenters. The standard InChI is InChI=1S/C13H19N/c1-2-10-3-5-11(6-4-10)7-12-8-13(14)9-12/h3-6,12-13H,2,7-9,14H2,1H3. The minimum Gasteiger partial charge on any atom is -0.328 e. The van der Waals surface area contributed by atoms with Gasteiger partial charge in [-0.05, 0) is 42.7 Å². The highest BCUT2D eigenvalue weighted by Crippen LogP contribution is 2.28. The second-order valence-corrected chi connectivity index (χ2v) is 4.47. The van der Waals surface area contributed by atoms with Crippen molar-refractivity contribution in [2.75, 3.05) is 0 Å². The molecule has 1 aliphatic carbocycles. The molecule has 0 heterocycles. The molecule has 0 aromatic heterocycles. The van der Waals surface area contributed by atoms with E-state index in [0.717, 1.165) is 12.3 Å². The van der Waals surface area contributed by atoms with Gasteiger partial charge >= 0.3 is 0 Å². The van der Waals surface area contributed by atoms with Crippen molar-refractivity contribution >= 4 is 0 Å². The summed E-state index contributed by atoms with van der Waals surface area (Å²) in [7, 11) is 0. The van der Waals surface area contributed by atoms with Gasteiger partial charge in [-0.2, -0.15) is 0 Å². The maximum Gasteiger partial charge on any atom is 0.00443 e. The Kier molecular flexibility index (Phi) is 2.87.